The lowest BCUT2D eigenvalue weighted by Gasteiger charge is -2.34. The second-order valence-corrected chi connectivity index (χ2v) is 9.74. The lowest BCUT2D eigenvalue weighted by Crippen LogP contribution is -2.18. The molecule has 0 radical (unpaired) electrons. The molecule has 0 bridgehead atoms. The van der Waals surface area contributed by atoms with Crippen LogP contribution < -0.4 is 9.80 Å². The van der Waals surface area contributed by atoms with Crippen molar-refractivity contribution in [3.05, 3.63) is 143 Å². The molecule has 0 heterocycles. The Morgan fingerprint density at radius 2 is 0.757 bits per heavy atom. The van der Waals surface area contributed by atoms with Gasteiger partial charge in [-0.3, -0.25) is 0 Å². The largest absolute Gasteiger partial charge is 0.310 e. The van der Waals surface area contributed by atoms with Crippen molar-refractivity contribution in [1.82, 2.24) is 0 Å². The van der Waals surface area contributed by atoms with Crippen LogP contribution in [0.2, 0.25) is 0 Å². The lowest BCUT2D eigenvalue weighted by atomic mass is 10.0. The summed E-state index contributed by atoms with van der Waals surface area (Å²) in [5.74, 6) is 0. The van der Waals surface area contributed by atoms with E-state index < -0.39 is 0 Å². The van der Waals surface area contributed by atoms with Crippen molar-refractivity contribution in [1.29, 1.82) is 0 Å². The molecule has 5 aromatic carbocycles. The fourth-order valence-electron chi connectivity index (χ4n) is 5.24. The highest BCUT2D eigenvalue weighted by molar-refractivity contribution is 5.88. The van der Waals surface area contributed by atoms with E-state index in [1.165, 1.54) is 56.3 Å². The molecule has 0 aliphatic carbocycles. The van der Waals surface area contributed by atoms with E-state index in [0.29, 0.717) is 0 Å². The number of para-hydroxylation sites is 4. The maximum absolute atomic E-state index is 2.44. The van der Waals surface area contributed by atoms with Crippen molar-refractivity contribution in [3.8, 4) is 0 Å². The van der Waals surface area contributed by atoms with Crippen molar-refractivity contribution >= 4 is 34.1 Å². The van der Waals surface area contributed by atoms with Gasteiger partial charge < -0.3 is 9.80 Å². The third kappa shape index (κ3) is 4.63. The third-order valence-electron chi connectivity index (χ3n) is 7.15. The number of benzene rings is 5. The molecule has 0 amide bonds. The van der Waals surface area contributed by atoms with E-state index in [2.05, 4.69) is 160 Å². The molecule has 0 fully saturated rings. The van der Waals surface area contributed by atoms with E-state index in [1.807, 2.05) is 0 Å². The molecule has 0 saturated heterocycles. The van der Waals surface area contributed by atoms with Crippen LogP contribution in [0.3, 0.4) is 0 Å². The van der Waals surface area contributed by atoms with Gasteiger partial charge in [-0.1, -0.05) is 78.9 Å². The molecule has 2 heteroatoms. The molecule has 2 nitrogen and oxygen atoms in total. The fraction of sp³-hybridized carbons (Fsp3) is 0.143. The maximum Gasteiger partial charge on any atom is 0.0520 e. The van der Waals surface area contributed by atoms with Crippen molar-refractivity contribution in [3.63, 3.8) is 0 Å². The van der Waals surface area contributed by atoms with E-state index in [1.54, 1.807) is 0 Å². The molecule has 0 unspecified atom stereocenters. The Kier molecular flexibility index (Phi) is 6.83. The van der Waals surface area contributed by atoms with Gasteiger partial charge in [-0.15, -0.1) is 0 Å². The van der Waals surface area contributed by atoms with Gasteiger partial charge in [0.1, 0.15) is 0 Å². The predicted octanol–water partition coefficient (Wildman–Crippen LogP) is 10.2. The summed E-state index contributed by atoms with van der Waals surface area (Å²) in [6.07, 6.45) is 0. The highest BCUT2D eigenvalue weighted by Crippen LogP contribution is 2.46. The normalized spacial score (nSPS) is 10.8. The van der Waals surface area contributed by atoms with E-state index in [4.69, 9.17) is 0 Å². The topological polar surface area (TPSA) is 6.48 Å². The van der Waals surface area contributed by atoms with Gasteiger partial charge in [0, 0.05) is 17.1 Å². The molecular formula is C35H34N2. The molecule has 184 valence electrons. The third-order valence-corrected chi connectivity index (χ3v) is 7.15. The second-order valence-electron chi connectivity index (χ2n) is 9.74. The fourth-order valence-corrected chi connectivity index (χ4v) is 5.24. The average Bonchev–Trinajstić information content (AvgIpc) is 2.90. The number of hydrogen-bond acceptors (Lipinski definition) is 2. The SMILES string of the molecule is Cc1ccccc1N(c1ccccc1)c1cccc(N(c2ccccc2C)c2c(C)cccc2C)c1C. The van der Waals surface area contributed by atoms with Crippen LogP contribution in [0.5, 0.6) is 0 Å². The molecule has 0 aromatic heterocycles. The van der Waals surface area contributed by atoms with Crippen molar-refractivity contribution < 1.29 is 0 Å². The summed E-state index contributed by atoms with van der Waals surface area (Å²) in [5, 5.41) is 0. The first-order chi connectivity index (χ1) is 18.0. The summed E-state index contributed by atoms with van der Waals surface area (Å²) in [7, 11) is 0. The predicted molar refractivity (Wildman–Crippen MR) is 159 cm³/mol. The smallest absolute Gasteiger partial charge is 0.0520 e. The van der Waals surface area contributed by atoms with E-state index >= 15 is 0 Å². The summed E-state index contributed by atoms with van der Waals surface area (Å²) >= 11 is 0. The number of rotatable bonds is 6. The van der Waals surface area contributed by atoms with Gasteiger partial charge in [0.2, 0.25) is 0 Å². The molecule has 0 atom stereocenters. The van der Waals surface area contributed by atoms with Gasteiger partial charge >= 0.3 is 0 Å². The number of nitrogens with zero attached hydrogens (tertiary/aromatic N) is 2. The Morgan fingerprint density at radius 1 is 0.351 bits per heavy atom. The molecule has 5 aromatic rings. The summed E-state index contributed by atoms with van der Waals surface area (Å²) < 4.78 is 0. The first-order valence-corrected chi connectivity index (χ1v) is 12.9. The van der Waals surface area contributed by atoms with Crippen molar-refractivity contribution in [2.24, 2.45) is 0 Å². The van der Waals surface area contributed by atoms with Gasteiger partial charge in [0.05, 0.1) is 17.1 Å². The highest BCUT2D eigenvalue weighted by atomic mass is 15.2. The minimum atomic E-state index is 1.14. The van der Waals surface area contributed by atoms with E-state index in [0.717, 1.165) is 5.69 Å². The first-order valence-electron chi connectivity index (χ1n) is 12.9. The highest BCUT2D eigenvalue weighted by Gasteiger charge is 2.23. The van der Waals surface area contributed by atoms with Gasteiger partial charge in [-0.2, -0.15) is 0 Å². The van der Waals surface area contributed by atoms with Crippen molar-refractivity contribution in [2.75, 3.05) is 9.80 Å². The monoisotopic (exact) mass is 482 g/mol. The molecule has 37 heavy (non-hydrogen) atoms. The Bertz CT molecular complexity index is 1510. The number of anilines is 6. The summed E-state index contributed by atoms with van der Waals surface area (Å²) in [5.41, 5.74) is 13.3. The van der Waals surface area contributed by atoms with Crippen LogP contribution >= 0.6 is 0 Å². The van der Waals surface area contributed by atoms with Gasteiger partial charge in [0.25, 0.3) is 0 Å². The van der Waals surface area contributed by atoms with Gasteiger partial charge in [-0.25, -0.2) is 0 Å². The molecule has 5 rings (SSSR count). The summed E-state index contributed by atoms with van der Waals surface area (Å²) in [6.45, 7) is 11.0. The minimum Gasteiger partial charge on any atom is -0.310 e. The first kappa shape index (κ1) is 24.4. The van der Waals surface area contributed by atoms with Crippen LogP contribution in [-0.2, 0) is 0 Å². The Labute approximate surface area is 221 Å². The van der Waals surface area contributed by atoms with Gasteiger partial charge in [0.15, 0.2) is 0 Å². The number of hydrogen-bond donors (Lipinski definition) is 0. The zero-order valence-electron chi connectivity index (χ0n) is 22.4. The summed E-state index contributed by atoms with van der Waals surface area (Å²) in [6, 6.07) is 41.1. The molecule has 0 aliphatic heterocycles. The molecule has 0 spiro atoms. The average molecular weight is 483 g/mol. The van der Waals surface area contributed by atoms with E-state index in [9.17, 15) is 0 Å². The molecule has 0 N–H and O–H groups in total. The van der Waals surface area contributed by atoms with Crippen molar-refractivity contribution in [2.45, 2.75) is 34.6 Å². The minimum absolute atomic E-state index is 1.14. The number of aryl methyl sites for hydroxylation is 4. The molecule has 0 saturated carbocycles. The Hall–Kier alpha value is -4.30. The molecular weight excluding hydrogens is 448 g/mol. The van der Waals surface area contributed by atoms with Crippen LogP contribution in [0.1, 0.15) is 27.8 Å². The quantitative estimate of drug-likeness (QED) is 0.237. The Balaban J connectivity index is 1.79. The second kappa shape index (κ2) is 10.4. The van der Waals surface area contributed by atoms with Crippen LogP contribution in [-0.4, -0.2) is 0 Å². The van der Waals surface area contributed by atoms with Crippen LogP contribution in [0.4, 0.5) is 34.1 Å². The molecule has 0 aliphatic rings. The Morgan fingerprint density at radius 3 is 1.32 bits per heavy atom. The van der Waals surface area contributed by atoms with Crippen LogP contribution in [0, 0.1) is 34.6 Å². The zero-order chi connectivity index (χ0) is 25.9. The standard InChI is InChI=1S/C35H34N2/c1-25-15-9-11-21-31(25)36(30-19-7-6-8-20-30)33-23-14-24-34(29(33)5)37(32-22-12-10-16-26(32)2)35-27(3)17-13-18-28(35)4/h6-24H,1-5H3. The van der Waals surface area contributed by atoms with Crippen LogP contribution in [0.25, 0.3) is 0 Å². The van der Waals surface area contributed by atoms with E-state index in [-0.39, 0.29) is 0 Å². The summed E-state index contributed by atoms with van der Waals surface area (Å²) in [4.78, 5) is 4.83. The lowest BCUT2D eigenvalue weighted by molar-refractivity contribution is 1.17. The zero-order valence-corrected chi connectivity index (χ0v) is 22.4. The maximum atomic E-state index is 2.44. The van der Waals surface area contributed by atoms with Gasteiger partial charge in [-0.05, 0) is 98.8 Å². The van der Waals surface area contributed by atoms with Crippen LogP contribution in [0.15, 0.2) is 115 Å².